The van der Waals surface area contributed by atoms with Gasteiger partial charge in [0.1, 0.15) is 12.3 Å². The number of unbranched alkanes of at least 4 members (excludes halogenated alkanes) is 1. The summed E-state index contributed by atoms with van der Waals surface area (Å²) in [4.78, 5) is 29.6. The summed E-state index contributed by atoms with van der Waals surface area (Å²) >= 11 is 0. The second kappa shape index (κ2) is 12.4. The van der Waals surface area contributed by atoms with E-state index < -0.39 is 6.10 Å². The van der Waals surface area contributed by atoms with Crippen molar-refractivity contribution in [3.05, 3.63) is 59.7 Å². The van der Waals surface area contributed by atoms with E-state index in [2.05, 4.69) is 41.4 Å². The van der Waals surface area contributed by atoms with Gasteiger partial charge in [-0.25, -0.2) is 0 Å². The van der Waals surface area contributed by atoms with Crippen molar-refractivity contribution in [3.8, 4) is 5.75 Å². The second-order valence-electron chi connectivity index (χ2n) is 8.73. The average Bonchev–Trinajstić information content (AvgIpc) is 2.82. The number of benzene rings is 2. The largest absolute Gasteiger partial charge is 0.478 e. The predicted octanol–water partition coefficient (Wildman–Crippen LogP) is 4.31. The number of aryl methyl sites for hydroxylation is 1. The van der Waals surface area contributed by atoms with E-state index in [1.165, 1.54) is 5.56 Å². The molecule has 0 radical (unpaired) electrons. The van der Waals surface area contributed by atoms with E-state index in [1.807, 2.05) is 38.1 Å². The molecule has 0 saturated carbocycles. The van der Waals surface area contributed by atoms with Crippen molar-refractivity contribution in [2.45, 2.75) is 59.1 Å². The van der Waals surface area contributed by atoms with Gasteiger partial charge in [-0.15, -0.1) is 0 Å². The van der Waals surface area contributed by atoms with Crippen LogP contribution in [-0.2, 0) is 16.1 Å². The number of anilines is 1. The Morgan fingerprint density at radius 1 is 1.09 bits per heavy atom. The first kappa shape index (κ1) is 24.8. The van der Waals surface area contributed by atoms with Gasteiger partial charge < -0.3 is 10.1 Å². The van der Waals surface area contributed by atoms with Crippen LogP contribution in [0.5, 0.6) is 5.75 Å². The molecular formula is C27H37N3O3. The summed E-state index contributed by atoms with van der Waals surface area (Å²) in [6.45, 7) is 9.59. The molecule has 2 amide bonds. The summed E-state index contributed by atoms with van der Waals surface area (Å²) < 4.78 is 5.84. The monoisotopic (exact) mass is 451 g/mol. The third kappa shape index (κ3) is 7.06. The Kier molecular flexibility index (Phi) is 9.31. The SMILES string of the molecule is CCCCN(CCCNC(=O)CN1C(=O)[C@H](CC)Oc2ccc(C)cc21)Cc1ccccc1. The van der Waals surface area contributed by atoms with E-state index in [0.29, 0.717) is 24.4 Å². The zero-order valence-electron chi connectivity index (χ0n) is 20.2. The number of hydrogen-bond acceptors (Lipinski definition) is 4. The Labute approximate surface area is 197 Å². The van der Waals surface area contributed by atoms with E-state index >= 15 is 0 Å². The van der Waals surface area contributed by atoms with Gasteiger partial charge in [0.2, 0.25) is 5.91 Å². The van der Waals surface area contributed by atoms with Crippen LogP contribution in [0.25, 0.3) is 0 Å². The molecule has 2 aromatic carbocycles. The van der Waals surface area contributed by atoms with Crippen molar-refractivity contribution in [3.63, 3.8) is 0 Å². The van der Waals surface area contributed by atoms with Gasteiger partial charge in [0, 0.05) is 19.6 Å². The van der Waals surface area contributed by atoms with Crippen LogP contribution in [0.15, 0.2) is 48.5 Å². The molecule has 178 valence electrons. The van der Waals surface area contributed by atoms with E-state index in [9.17, 15) is 9.59 Å². The highest BCUT2D eigenvalue weighted by molar-refractivity contribution is 6.03. The molecule has 1 aliphatic heterocycles. The Bertz CT molecular complexity index is 916. The van der Waals surface area contributed by atoms with E-state index in [4.69, 9.17) is 4.74 Å². The van der Waals surface area contributed by atoms with E-state index in [0.717, 1.165) is 44.5 Å². The van der Waals surface area contributed by atoms with Crippen molar-refractivity contribution in [2.24, 2.45) is 0 Å². The van der Waals surface area contributed by atoms with Crippen LogP contribution in [0.4, 0.5) is 5.69 Å². The summed E-state index contributed by atoms with van der Waals surface area (Å²) in [5.74, 6) is 0.363. The topological polar surface area (TPSA) is 61.9 Å². The minimum Gasteiger partial charge on any atom is -0.478 e. The Morgan fingerprint density at radius 2 is 1.85 bits per heavy atom. The molecule has 2 aromatic rings. The quantitative estimate of drug-likeness (QED) is 0.489. The predicted molar refractivity (Wildman–Crippen MR) is 132 cm³/mol. The number of carbonyl (C=O) groups excluding carboxylic acids is 2. The average molecular weight is 452 g/mol. The lowest BCUT2D eigenvalue weighted by molar-refractivity contribution is -0.129. The summed E-state index contributed by atoms with van der Waals surface area (Å²) in [6, 6.07) is 16.2. The molecule has 0 unspecified atom stereocenters. The fraction of sp³-hybridized carbons (Fsp3) is 0.481. The lowest BCUT2D eigenvalue weighted by atomic mass is 10.1. The summed E-state index contributed by atoms with van der Waals surface area (Å²) in [5.41, 5.74) is 3.01. The minimum atomic E-state index is -0.543. The molecule has 1 atom stereocenters. The Hall–Kier alpha value is -2.86. The van der Waals surface area contributed by atoms with Gasteiger partial charge in [0.05, 0.1) is 5.69 Å². The Morgan fingerprint density at radius 3 is 2.58 bits per heavy atom. The van der Waals surface area contributed by atoms with Crippen LogP contribution in [-0.4, -0.2) is 49.0 Å². The molecule has 0 saturated heterocycles. The van der Waals surface area contributed by atoms with Gasteiger partial charge in [0.15, 0.2) is 6.10 Å². The number of hydrogen-bond donors (Lipinski definition) is 1. The molecule has 33 heavy (non-hydrogen) atoms. The number of amides is 2. The maximum absolute atomic E-state index is 12.9. The van der Waals surface area contributed by atoms with Gasteiger partial charge in [0.25, 0.3) is 5.91 Å². The standard InChI is InChI=1S/C27H37N3O3/c1-4-6-16-29(19-22-11-8-7-9-12-22)17-10-15-28-26(31)20-30-23-18-21(3)13-14-25(23)33-24(5-2)27(30)32/h7-9,11-14,18,24H,4-6,10,15-17,19-20H2,1-3H3,(H,28,31)/t24-/m0/s1. The van der Waals surface area contributed by atoms with Crippen molar-refractivity contribution in [1.82, 2.24) is 10.2 Å². The van der Waals surface area contributed by atoms with E-state index in [1.54, 1.807) is 4.90 Å². The molecule has 6 heteroatoms. The number of nitrogens with zero attached hydrogens (tertiary/aromatic N) is 2. The lowest BCUT2D eigenvalue weighted by Crippen LogP contribution is -2.49. The molecule has 3 rings (SSSR count). The zero-order valence-corrected chi connectivity index (χ0v) is 20.2. The second-order valence-corrected chi connectivity index (χ2v) is 8.73. The van der Waals surface area contributed by atoms with Gasteiger partial charge >= 0.3 is 0 Å². The van der Waals surface area contributed by atoms with Gasteiger partial charge in [-0.05, 0) is 56.0 Å². The number of rotatable bonds is 12. The van der Waals surface area contributed by atoms with Crippen LogP contribution in [0.2, 0.25) is 0 Å². The maximum atomic E-state index is 12.9. The van der Waals surface area contributed by atoms with Crippen LogP contribution in [0, 0.1) is 6.92 Å². The number of fused-ring (bicyclic) bond motifs is 1. The van der Waals surface area contributed by atoms with Gasteiger partial charge in [-0.2, -0.15) is 0 Å². The Balaban J connectivity index is 1.52. The van der Waals surface area contributed by atoms with Gasteiger partial charge in [-0.1, -0.05) is 56.7 Å². The molecule has 6 nitrogen and oxygen atoms in total. The normalized spacial score (nSPS) is 15.3. The molecule has 1 heterocycles. The fourth-order valence-corrected chi connectivity index (χ4v) is 4.08. The minimum absolute atomic E-state index is 0.0126. The van der Waals surface area contributed by atoms with Crippen LogP contribution >= 0.6 is 0 Å². The summed E-state index contributed by atoms with van der Waals surface area (Å²) in [7, 11) is 0. The molecule has 1 aliphatic rings. The molecular weight excluding hydrogens is 414 g/mol. The third-order valence-electron chi connectivity index (χ3n) is 5.94. The first-order valence-electron chi connectivity index (χ1n) is 12.1. The molecule has 0 bridgehead atoms. The maximum Gasteiger partial charge on any atom is 0.268 e. The summed E-state index contributed by atoms with van der Waals surface area (Å²) in [5, 5.41) is 3.00. The number of nitrogens with one attached hydrogen (secondary N) is 1. The number of carbonyl (C=O) groups is 2. The van der Waals surface area contributed by atoms with Crippen molar-refractivity contribution < 1.29 is 14.3 Å². The van der Waals surface area contributed by atoms with Crippen LogP contribution in [0.3, 0.4) is 0 Å². The van der Waals surface area contributed by atoms with E-state index in [-0.39, 0.29) is 18.4 Å². The van der Waals surface area contributed by atoms with Crippen LogP contribution < -0.4 is 15.0 Å². The first-order chi connectivity index (χ1) is 16.0. The van der Waals surface area contributed by atoms with Crippen LogP contribution in [0.1, 0.15) is 50.7 Å². The molecule has 0 aromatic heterocycles. The summed E-state index contributed by atoms with van der Waals surface area (Å²) in [6.07, 6.45) is 3.22. The molecule has 0 spiro atoms. The smallest absolute Gasteiger partial charge is 0.268 e. The van der Waals surface area contributed by atoms with Crippen molar-refractivity contribution >= 4 is 17.5 Å². The fourth-order valence-electron chi connectivity index (χ4n) is 4.08. The highest BCUT2D eigenvalue weighted by atomic mass is 16.5. The van der Waals surface area contributed by atoms with Crippen molar-refractivity contribution in [1.29, 1.82) is 0 Å². The van der Waals surface area contributed by atoms with Gasteiger partial charge in [-0.3, -0.25) is 19.4 Å². The number of ether oxygens (including phenoxy) is 1. The molecule has 0 aliphatic carbocycles. The third-order valence-corrected chi connectivity index (χ3v) is 5.94. The molecule has 1 N–H and O–H groups in total. The first-order valence-corrected chi connectivity index (χ1v) is 12.1. The highest BCUT2D eigenvalue weighted by Crippen LogP contribution is 2.35. The zero-order chi connectivity index (χ0) is 23.6. The lowest BCUT2D eigenvalue weighted by Gasteiger charge is -2.34. The molecule has 0 fully saturated rings. The highest BCUT2D eigenvalue weighted by Gasteiger charge is 2.34. The van der Waals surface area contributed by atoms with Crippen molar-refractivity contribution in [2.75, 3.05) is 31.1 Å².